The molecular weight excluding hydrogens is 845 g/mol. The molecule has 0 saturated carbocycles. The minimum Gasteiger partial charge on any atom is -0.487 e. The van der Waals surface area contributed by atoms with Gasteiger partial charge < -0.3 is 41.8 Å². The van der Waals surface area contributed by atoms with Crippen molar-refractivity contribution in [1.29, 1.82) is 0 Å². The number of hydrogen-bond acceptors (Lipinski definition) is 12. The fraction of sp³-hybridized carbons (Fsp3) is 0.583. The van der Waals surface area contributed by atoms with Gasteiger partial charge in [0, 0.05) is 25.9 Å². The summed E-state index contributed by atoms with van der Waals surface area (Å²) in [5.41, 5.74) is 14.5. The number of carboxylic acids is 2. The van der Waals surface area contributed by atoms with Crippen LogP contribution in [0.3, 0.4) is 0 Å². The first-order valence-corrected chi connectivity index (χ1v) is 23.5. The highest BCUT2D eigenvalue weighted by Gasteiger charge is 2.15. The molecule has 0 bridgehead atoms. The lowest BCUT2D eigenvalue weighted by atomic mass is 10.1. The van der Waals surface area contributed by atoms with Crippen LogP contribution < -0.4 is 31.6 Å². The van der Waals surface area contributed by atoms with Crippen molar-refractivity contribution < 1.29 is 38.9 Å². The number of unbranched alkanes of at least 4 members (excludes halogenated alkanes) is 14. The van der Waals surface area contributed by atoms with E-state index in [-0.39, 0.29) is 36.7 Å². The van der Waals surface area contributed by atoms with Crippen molar-refractivity contribution in [3.8, 4) is 11.5 Å². The van der Waals surface area contributed by atoms with Gasteiger partial charge in [0.05, 0.1) is 30.2 Å². The van der Waals surface area contributed by atoms with Crippen LogP contribution in [0.1, 0.15) is 138 Å². The van der Waals surface area contributed by atoms with Crippen LogP contribution in [-0.4, -0.2) is 90.1 Å². The zero-order valence-corrected chi connectivity index (χ0v) is 39.1. The van der Waals surface area contributed by atoms with E-state index in [1.807, 2.05) is 64.1 Å². The Morgan fingerprint density at radius 2 is 1.02 bits per heavy atom. The number of aromatic nitrogens is 6. The normalized spacial score (nSPS) is 11.9. The highest BCUT2D eigenvalue weighted by molar-refractivity contribution is 5.80. The van der Waals surface area contributed by atoms with Crippen LogP contribution >= 0.6 is 0 Å². The molecule has 8 N–H and O–H groups in total. The minimum absolute atomic E-state index is 0.281. The number of nitrogens with zero attached hydrogens (tertiary/aromatic N) is 6. The van der Waals surface area contributed by atoms with Gasteiger partial charge in [-0.05, 0) is 88.0 Å². The van der Waals surface area contributed by atoms with E-state index in [4.69, 9.17) is 31.2 Å². The number of hydrogen-bond donors (Lipinski definition) is 6. The second-order valence-corrected chi connectivity index (χ2v) is 16.6. The van der Waals surface area contributed by atoms with Gasteiger partial charge in [0.1, 0.15) is 30.4 Å². The van der Waals surface area contributed by atoms with Gasteiger partial charge in [-0.3, -0.25) is 23.9 Å². The summed E-state index contributed by atoms with van der Waals surface area (Å²) >= 11 is 0. The number of nitrogens with one attached hydrogen (secondary N) is 2. The second kappa shape index (κ2) is 32.7. The third-order valence-electron chi connectivity index (χ3n) is 11.2. The van der Waals surface area contributed by atoms with Gasteiger partial charge in [0.15, 0.2) is 0 Å². The van der Waals surface area contributed by atoms with E-state index in [9.17, 15) is 19.2 Å². The molecule has 2 atom stereocenters. The van der Waals surface area contributed by atoms with E-state index in [0.717, 1.165) is 111 Å². The maximum Gasteiger partial charge on any atom is 0.303 e. The molecule has 2 amide bonds. The van der Waals surface area contributed by atoms with Gasteiger partial charge >= 0.3 is 11.9 Å². The molecule has 0 spiro atoms. The van der Waals surface area contributed by atoms with Crippen LogP contribution in [0.4, 0.5) is 0 Å². The molecule has 18 nitrogen and oxygen atoms in total. The zero-order chi connectivity index (χ0) is 47.8. The van der Waals surface area contributed by atoms with Crippen LogP contribution in [0.25, 0.3) is 0 Å². The predicted octanol–water partition coefficient (Wildman–Crippen LogP) is 6.14. The van der Waals surface area contributed by atoms with E-state index in [1.165, 1.54) is 38.5 Å². The number of rotatable bonds is 36. The lowest BCUT2D eigenvalue weighted by Crippen LogP contribution is -2.40. The average molecular weight is 919 g/mol. The summed E-state index contributed by atoms with van der Waals surface area (Å²) < 4.78 is 15.4. The van der Waals surface area contributed by atoms with Crippen molar-refractivity contribution in [3.05, 3.63) is 83.4 Å². The van der Waals surface area contributed by atoms with Crippen molar-refractivity contribution in [2.24, 2.45) is 11.5 Å². The SMILES string of the molecule is CN[C@@H](Cc1ccc(OCc2cn(CCCCCCCCCCC(=O)O)nn2)cc1)C(N)=O.CN[C@@H](Cc1ccc(OCc2cnnn2CCCCCCCCCCC(=O)O)cc1)C(N)=O. The van der Waals surface area contributed by atoms with Crippen LogP contribution in [0.5, 0.6) is 11.5 Å². The van der Waals surface area contributed by atoms with Crippen molar-refractivity contribution in [1.82, 2.24) is 40.6 Å². The first-order chi connectivity index (χ1) is 32.0. The summed E-state index contributed by atoms with van der Waals surface area (Å²) in [6, 6.07) is 14.5. The van der Waals surface area contributed by atoms with Gasteiger partial charge in [0.25, 0.3) is 0 Å². The Kier molecular flexibility index (Phi) is 27.0. The number of amides is 2. The molecule has 18 heteroatoms. The third-order valence-corrected chi connectivity index (χ3v) is 11.2. The molecular formula is C48H74N10O8. The Labute approximate surface area is 389 Å². The number of carbonyl (C=O) groups excluding carboxylic acids is 2. The number of aryl methyl sites for hydroxylation is 2. The van der Waals surface area contributed by atoms with E-state index < -0.39 is 11.9 Å². The minimum atomic E-state index is -0.703. The van der Waals surface area contributed by atoms with Crippen molar-refractivity contribution in [2.45, 2.75) is 167 Å². The number of likely N-dealkylation sites (N-methyl/N-ethyl adjacent to an activating group) is 2. The molecule has 4 rings (SSSR count). The second-order valence-electron chi connectivity index (χ2n) is 16.6. The summed E-state index contributed by atoms with van der Waals surface area (Å²) in [6.07, 6.45) is 22.6. The molecule has 2 aromatic carbocycles. The first-order valence-electron chi connectivity index (χ1n) is 23.5. The number of carboxylic acid groups (broad SMARTS) is 2. The molecule has 4 aromatic rings. The van der Waals surface area contributed by atoms with Gasteiger partial charge in [-0.2, -0.15) is 0 Å². The molecule has 2 heterocycles. The Hall–Kier alpha value is -5.88. The summed E-state index contributed by atoms with van der Waals surface area (Å²) in [7, 11) is 3.44. The number of primary amides is 2. The largest absolute Gasteiger partial charge is 0.487 e. The van der Waals surface area contributed by atoms with Crippen molar-refractivity contribution >= 4 is 23.8 Å². The number of aliphatic carboxylic acids is 2. The fourth-order valence-electron chi connectivity index (χ4n) is 7.22. The van der Waals surface area contributed by atoms with Crippen molar-refractivity contribution in [3.63, 3.8) is 0 Å². The Morgan fingerprint density at radius 3 is 1.45 bits per heavy atom. The molecule has 0 saturated heterocycles. The fourth-order valence-corrected chi connectivity index (χ4v) is 7.22. The lowest BCUT2D eigenvalue weighted by molar-refractivity contribution is -0.138. The lowest BCUT2D eigenvalue weighted by Gasteiger charge is -2.13. The molecule has 0 unspecified atom stereocenters. The van der Waals surface area contributed by atoms with Crippen LogP contribution in [-0.2, 0) is 58.3 Å². The predicted molar refractivity (Wildman–Crippen MR) is 251 cm³/mol. The average Bonchev–Trinajstić information content (AvgIpc) is 3.97. The summed E-state index contributed by atoms with van der Waals surface area (Å²) in [6.45, 7) is 2.40. The summed E-state index contributed by atoms with van der Waals surface area (Å²) in [5.74, 6) is -0.664. The van der Waals surface area contributed by atoms with Gasteiger partial charge in [-0.1, -0.05) is 112 Å². The molecule has 2 aromatic heterocycles. The van der Waals surface area contributed by atoms with E-state index >= 15 is 0 Å². The highest BCUT2D eigenvalue weighted by Crippen LogP contribution is 2.18. The van der Waals surface area contributed by atoms with E-state index in [2.05, 4.69) is 31.3 Å². The topological polar surface area (TPSA) is 265 Å². The molecule has 0 aliphatic heterocycles. The molecule has 364 valence electrons. The number of benzene rings is 2. The van der Waals surface area contributed by atoms with E-state index in [0.29, 0.717) is 26.1 Å². The Bertz CT molecular complexity index is 1950. The number of carbonyl (C=O) groups is 4. The van der Waals surface area contributed by atoms with Crippen LogP contribution in [0, 0.1) is 0 Å². The third kappa shape index (κ3) is 23.9. The van der Waals surface area contributed by atoms with Gasteiger partial charge in [0.2, 0.25) is 11.8 Å². The van der Waals surface area contributed by atoms with Crippen molar-refractivity contribution in [2.75, 3.05) is 14.1 Å². The zero-order valence-electron chi connectivity index (χ0n) is 39.1. The van der Waals surface area contributed by atoms with E-state index in [1.54, 1.807) is 20.3 Å². The smallest absolute Gasteiger partial charge is 0.303 e. The summed E-state index contributed by atoms with van der Waals surface area (Å²) in [4.78, 5) is 43.6. The number of nitrogens with two attached hydrogens (primary N) is 2. The standard InChI is InChI=1S/2C24H37N5O4/c1-26-22(24(25)32)16-19-11-13-21(14-12-19)33-18-20-17-29(28-27-20)15-9-7-5-3-2-4-6-8-10-23(30)31;1-26-22(24(25)32)16-19-11-13-21(14-12-19)33-18-20-17-27-28-29(20)15-9-7-5-3-2-4-6-8-10-23(30)31/h2*11-14,17,22,26H,2-10,15-16,18H2,1H3,(H2,25,32)(H,30,31)/t2*22-/m00/s1. The maximum absolute atomic E-state index is 11.4. The molecule has 66 heavy (non-hydrogen) atoms. The van der Waals surface area contributed by atoms with Gasteiger partial charge in [-0.15, -0.1) is 10.2 Å². The molecule has 0 aliphatic carbocycles. The molecule has 0 fully saturated rings. The molecule has 0 radical (unpaired) electrons. The quantitative estimate of drug-likeness (QED) is 0.0280. The van der Waals surface area contributed by atoms with Gasteiger partial charge in [-0.25, -0.2) is 4.68 Å². The summed E-state index contributed by atoms with van der Waals surface area (Å²) in [5, 5.41) is 39.6. The number of ether oxygens (including phenoxy) is 2. The highest BCUT2D eigenvalue weighted by atomic mass is 16.5. The van der Waals surface area contributed by atoms with Crippen LogP contribution in [0.2, 0.25) is 0 Å². The Morgan fingerprint density at radius 1 is 0.591 bits per heavy atom. The first kappa shape index (κ1) is 54.5. The maximum atomic E-state index is 11.4. The molecule has 0 aliphatic rings. The monoisotopic (exact) mass is 919 g/mol. The Balaban J connectivity index is 0.000000350. The van der Waals surface area contributed by atoms with Crippen LogP contribution in [0.15, 0.2) is 60.9 Å².